The molecule has 1 radical (unpaired) electrons. The first kappa shape index (κ1) is 114. The maximum absolute atomic E-state index is 12.4. The Hall–Kier alpha value is -10.3. The van der Waals surface area contributed by atoms with Crippen molar-refractivity contribution in [3.8, 4) is 34.4 Å². The third-order valence-corrected chi connectivity index (χ3v) is 16.1. The molecule has 6 aromatic heterocycles. The van der Waals surface area contributed by atoms with Gasteiger partial charge in [-0.2, -0.15) is 72.6 Å². The summed E-state index contributed by atoms with van der Waals surface area (Å²) in [7, 11) is 12.2. The summed E-state index contributed by atoms with van der Waals surface area (Å²) in [4.78, 5) is 72.0. The number of anilines is 10. The number of nitrogen functional groups attached to an aromatic ring is 1. The molecule has 10 N–H and O–H groups in total. The quantitative estimate of drug-likeness (QED) is 0.00613. The van der Waals surface area contributed by atoms with E-state index < -0.39 is 50.9 Å². The predicted octanol–water partition coefficient (Wildman–Crippen LogP) is 15.8. The Labute approximate surface area is 782 Å². The number of nitrogens with zero attached hydrogens (tertiary/aromatic N) is 12. The van der Waals surface area contributed by atoms with Crippen LogP contribution in [0, 0.1) is 0 Å². The number of pyridine rings is 1. The Kier molecular flexibility index (Phi) is 53.8. The molecule has 0 atom stereocenters. The van der Waals surface area contributed by atoms with Gasteiger partial charge >= 0.3 is 79.0 Å². The third kappa shape index (κ3) is 49.0. The van der Waals surface area contributed by atoms with Gasteiger partial charge in [0.25, 0.3) is 5.56 Å². The number of halogens is 18. The average Bonchev–Trinajstić information content (AvgIpc) is 0.779. The van der Waals surface area contributed by atoms with Crippen LogP contribution in [-0.2, 0) is 9.59 Å². The van der Waals surface area contributed by atoms with Gasteiger partial charge in [0.2, 0.25) is 28.4 Å². The minimum atomic E-state index is -4.40. The Balaban J connectivity index is 0.000000746. The van der Waals surface area contributed by atoms with E-state index >= 15 is 0 Å². The second-order valence-electron chi connectivity index (χ2n) is 22.9. The van der Waals surface area contributed by atoms with Gasteiger partial charge in [0.1, 0.15) is 71.0 Å². The van der Waals surface area contributed by atoms with E-state index in [1.165, 1.54) is 87.8 Å². The molecule has 0 spiro atoms. The fourth-order valence-electron chi connectivity index (χ4n) is 7.86. The number of allylic oxidation sites excluding steroid dienone is 2. The summed E-state index contributed by atoms with van der Waals surface area (Å²) in [6, 6.07) is 38.2. The van der Waals surface area contributed by atoms with Gasteiger partial charge < -0.3 is 72.2 Å². The zero-order valence-corrected chi connectivity index (χ0v) is 77.5. The van der Waals surface area contributed by atoms with Crippen molar-refractivity contribution in [1.29, 1.82) is 0 Å². The van der Waals surface area contributed by atoms with Gasteiger partial charge in [-0.15, -0.1) is 6.61 Å². The summed E-state index contributed by atoms with van der Waals surface area (Å²) >= 11 is 29.5. The number of ketones is 2. The fraction of sp³-hybridized carbons (Fsp3) is 0.224. The van der Waals surface area contributed by atoms with Crippen molar-refractivity contribution in [1.82, 2.24) is 54.4 Å². The Morgan fingerprint density at radius 3 is 1.21 bits per heavy atom. The number of rotatable bonds is 21. The molecular formula is C76H77BBr3Cl3F12N20NaO9S. The van der Waals surface area contributed by atoms with E-state index in [1.54, 1.807) is 119 Å². The van der Waals surface area contributed by atoms with E-state index in [1.807, 2.05) is 36.4 Å². The number of methoxy groups -OCH3 is 5. The van der Waals surface area contributed by atoms with E-state index in [0.29, 0.717) is 71.0 Å². The van der Waals surface area contributed by atoms with Gasteiger partial charge in [0.15, 0.2) is 17.2 Å². The number of carbonyl (C=O) groups is 2. The van der Waals surface area contributed by atoms with Crippen molar-refractivity contribution in [2.45, 2.75) is 45.5 Å². The first-order valence-electron chi connectivity index (χ1n) is 34.6. The predicted molar refractivity (Wildman–Crippen MR) is 471 cm³/mol. The number of carbonyl (C=O) groups excluding carboxylic acids is 2. The van der Waals surface area contributed by atoms with Crippen LogP contribution in [0.5, 0.6) is 28.7 Å². The zero-order valence-electron chi connectivity index (χ0n) is 67.6. The van der Waals surface area contributed by atoms with E-state index in [-0.39, 0.29) is 93.2 Å². The van der Waals surface area contributed by atoms with Crippen LogP contribution in [-0.4, -0.2) is 167 Å². The summed E-state index contributed by atoms with van der Waals surface area (Å²) in [6.45, 7) is 2.68. The van der Waals surface area contributed by atoms with Crippen LogP contribution in [0.4, 0.5) is 111 Å². The smallest absolute Gasteiger partial charge is 1.00 e. The Morgan fingerprint density at radius 2 is 0.849 bits per heavy atom. The summed E-state index contributed by atoms with van der Waals surface area (Å²) in [5.74, 6) is 4.16. The molecule has 0 fully saturated rings. The normalized spacial score (nSPS) is 10.3. The summed E-state index contributed by atoms with van der Waals surface area (Å²) in [5, 5.41) is 25.6. The number of alkyl halides is 12. The van der Waals surface area contributed by atoms with Gasteiger partial charge in [-0.05, 0) is 230 Å². The zero-order chi connectivity index (χ0) is 94.0. The van der Waals surface area contributed by atoms with Gasteiger partial charge in [-0.1, -0.05) is 25.1 Å². The Morgan fingerprint density at radius 1 is 0.524 bits per heavy atom. The fourth-order valence-corrected chi connectivity index (χ4v) is 9.08. The maximum atomic E-state index is 12.4. The van der Waals surface area contributed by atoms with Gasteiger partial charge in [-0.25, -0.2) is 29.9 Å². The average molecular weight is 2050 g/mol. The van der Waals surface area contributed by atoms with Crippen LogP contribution in [0.2, 0.25) is 15.7 Å². The largest absolute Gasteiger partial charge is 1.00 e. The molecule has 0 unspecified atom stereocenters. The van der Waals surface area contributed by atoms with Crippen LogP contribution in [0.1, 0.15) is 26.3 Å². The molecule has 5 aromatic carbocycles. The number of thiol groups is 1. The number of fused-ring (bicyclic) bond motifs is 1. The molecule has 0 saturated carbocycles. The standard InChI is InChI=1S/C17H17F3N4O2.C16H13F3N4O2.C13H12BrF3N4O.C11H9BrClN3O.C7H9NO.C4HBrCl2N2.C4H6O.C2H4F3N.C2H5O.BHNS.Na/c1-11(25)3-4-12-9-21-16(22-10-17(18,19)20)24-15(12)23-13-5-7-14(26-2)8-6-13;1-25-12-5-3-11(4-6-12)23-13(24)7-2-10-8-20-15(22-14(10)23)21-9-16(17,18)19;1-22-9-4-2-8(3-5-9)20-11-10(14)6-18-12(21-11)19-7-13(15,16)17;1-17-8-4-2-7(3-5-8)15-10-9(12)6-14-11(13)16-10;1-9-7-4-2-6(8)3-5-7;5-2-1-8-4(7)9-3(2)6;1-3-4(2)5;3-2(4,5)1-6;2*1-2-3;/h3-9H,10H2,1-2H3,(H2,21,22,23,24);2-8H,9H2,1H3,(H,20,21,22);2-6H,7H2,1H3,(H2,18,19,20,21);2-6H,1H3,(H,14,15,16);2-5H,8H2,1H3;1H;3H,1H2,2H3;1,6H2;2H2,1H3;3H;/q;;;;;;;;-1;;+1/b4-3+;;;;;;;;;;. The van der Waals surface area contributed by atoms with Crippen molar-refractivity contribution in [2.24, 2.45) is 10.0 Å². The van der Waals surface area contributed by atoms with Crippen LogP contribution in [0.25, 0.3) is 22.8 Å². The van der Waals surface area contributed by atoms with Crippen molar-refractivity contribution in [2.75, 3.05) is 106 Å². The molecule has 126 heavy (non-hydrogen) atoms. The number of aromatic nitrogens is 11. The van der Waals surface area contributed by atoms with Crippen molar-refractivity contribution >= 4 is 190 Å². The molecule has 6 heterocycles. The second-order valence-corrected chi connectivity index (χ2v) is 26.7. The van der Waals surface area contributed by atoms with E-state index in [9.17, 15) is 67.1 Å². The van der Waals surface area contributed by atoms with Crippen LogP contribution < -0.4 is 107 Å². The summed E-state index contributed by atoms with van der Waals surface area (Å²) in [5.41, 5.74) is 13.4. The summed E-state index contributed by atoms with van der Waals surface area (Å²) < 4.78 is 174. The number of benzene rings is 5. The SMILES string of the molecule is C=CC(C)=O.CC[O-].COc1ccc(-n2c(=O)ccc3cnc(NCC(F)(F)F)nc32)cc1.COc1ccc(N)cc1.COc1ccc(Nc2nc(Cl)ncc2Br)cc1.COc1ccc(Nc2nc(NCC(F)(F)F)ncc2/C=C/C(C)=O)cc1.COc1ccc(Nc2nc(NCC(F)(F)F)ncc2Br)cc1.Clc1ncc(Br)c(Cl)n1.NCC(F)(F)F.[B]=NS.[Na+]. The molecule has 11 rings (SSSR count). The Bertz CT molecular complexity index is 5210. The van der Waals surface area contributed by atoms with Crippen molar-refractivity contribution in [3.63, 3.8) is 0 Å². The minimum Gasteiger partial charge on any atom is 1.00 e. The molecule has 0 amide bonds. The minimum absolute atomic E-state index is 0. The number of nitrogens with two attached hydrogens (primary N) is 2. The van der Waals surface area contributed by atoms with Crippen LogP contribution in [0.15, 0.2) is 206 Å². The van der Waals surface area contributed by atoms with Gasteiger partial charge in [-0.3, -0.25) is 19.0 Å². The molecule has 50 heteroatoms. The van der Waals surface area contributed by atoms with Crippen LogP contribution in [0.3, 0.4) is 0 Å². The number of hydrogen-bond donors (Lipinski definition) is 9. The number of nitrogens with one attached hydrogen (secondary N) is 6. The monoisotopic (exact) mass is 2050 g/mol. The van der Waals surface area contributed by atoms with E-state index in [2.05, 4.69) is 167 Å². The van der Waals surface area contributed by atoms with Gasteiger partial charge in [0, 0.05) is 70.7 Å². The molecule has 0 saturated heterocycles. The third-order valence-electron chi connectivity index (χ3n) is 13.4. The number of hydrogen-bond acceptors (Lipinski definition) is 29. The molecule has 11 aromatic rings. The maximum Gasteiger partial charge on any atom is 1.00 e. The molecule has 0 aliphatic rings. The van der Waals surface area contributed by atoms with Crippen molar-refractivity contribution in [3.05, 3.63) is 228 Å². The first-order valence-corrected chi connectivity index (χ1v) is 38.5. The molecule has 0 bridgehead atoms. The second kappa shape index (κ2) is 59.7. The van der Waals surface area contributed by atoms with Crippen LogP contribution >= 0.6 is 95.4 Å². The molecule has 0 aliphatic carbocycles. The molecule has 29 nitrogen and oxygen atoms in total. The topological polar surface area (TPSA) is 391 Å². The first-order chi connectivity index (χ1) is 58.9. The van der Waals surface area contributed by atoms with Gasteiger partial charge in [0.05, 0.1) is 61.2 Å². The molecular weight excluding hydrogens is 1980 g/mol. The van der Waals surface area contributed by atoms with E-state index in [0.717, 1.165) is 27.3 Å². The number of ether oxygens (including phenoxy) is 5. The van der Waals surface area contributed by atoms with E-state index in [4.69, 9.17) is 69.3 Å². The molecule has 671 valence electrons. The molecule has 0 aliphatic heterocycles. The van der Waals surface area contributed by atoms with Crippen molar-refractivity contribution < 1.29 is 121 Å². The summed E-state index contributed by atoms with van der Waals surface area (Å²) in [6.07, 6.45) is -6.05.